The second-order valence-corrected chi connectivity index (χ2v) is 15.9. The number of alkyl halides is 2. The molecule has 3 aromatic heterocycles. The molecule has 0 radical (unpaired) electrons. The van der Waals surface area contributed by atoms with Gasteiger partial charge >= 0.3 is 0 Å². The largest absolute Gasteiger partial charge is 0.490 e. The molecule has 1 aromatic carbocycles. The molecule has 1 unspecified atom stereocenters. The van der Waals surface area contributed by atoms with Gasteiger partial charge in [0.25, 0.3) is 12.3 Å². The molecular formula is C41H45F2N7O5. The van der Waals surface area contributed by atoms with Crippen LogP contribution in [-0.2, 0) is 14.4 Å². The summed E-state index contributed by atoms with van der Waals surface area (Å²) in [6, 6.07) is 13.9. The highest BCUT2D eigenvalue weighted by Gasteiger charge is 2.52. The number of fused-ring (bicyclic) bond motifs is 1. The summed E-state index contributed by atoms with van der Waals surface area (Å²) >= 11 is 0. The lowest BCUT2D eigenvalue weighted by molar-refractivity contribution is -0.136. The zero-order valence-corrected chi connectivity index (χ0v) is 31.0. The Bertz CT molecular complexity index is 2110. The number of aromatic nitrogens is 3. The maximum Gasteiger partial charge on any atom is 0.280 e. The Kier molecular flexibility index (Phi) is 9.76. The summed E-state index contributed by atoms with van der Waals surface area (Å²) in [5.74, 6) is -0.118. The highest BCUT2D eigenvalue weighted by Crippen LogP contribution is 2.54. The Morgan fingerprint density at radius 2 is 1.75 bits per heavy atom. The number of imidazole rings is 1. The molecule has 1 saturated carbocycles. The van der Waals surface area contributed by atoms with Crippen molar-refractivity contribution in [1.82, 2.24) is 24.6 Å². The molecule has 14 heteroatoms. The number of imide groups is 1. The van der Waals surface area contributed by atoms with Gasteiger partial charge in [0.15, 0.2) is 0 Å². The van der Waals surface area contributed by atoms with Gasteiger partial charge in [-0.2, -0.15) is 0 Å². The number of hydrogen-bond acceptors (Lipinski definition) is 8. The lowest BCUT2D eigenvalue weighted by atomic mass is 9.57. The van der Waals surface area contributed by atoms with Crippen molar-refractivity contribution in [2.75, 3.05) is 36.4 Å². The number of piperidine rings is 2. The molecule has 4 fully saturated rings. The maximum atomic E-state index is 13.4. The lowest BCUT2D eigenvalue weighted by Crippen LogP contribution is -2.62. The monoisotopic (exact) mass is 753 g/mol. The number of pyridine rings is 2. The summed E-state index contributed by atoms with van der Waals surface area (Å²) in [4.78, 5) is 63.5. The molecule has 1 spiro atoms. The summed E-state index contributed by atoms with van der Waals surface area (Å²) in [6.07, 6.45) is 5.75. The zero-order chi connectivity index (χ0) is 38.4. The van der Waals surface area contributed by atoms with Crippen LogP contribution in [0.3, 0.4) is 0 Å². The van der Waals surface area contributed by atoms with Crippen LogP contribution in [-0.4, -0.2) is 75.2 Å². The lowest BCUT2D eigenvalue weighted by Gasteiger charge is -2.60. The number of benzene rings is 1. The quantitative estimate of drug-likeness (QED) is 0.182. The number of likely N-dealkylation sites (tertiary alicyclic amines) is 1. The van der Waals surface area contributed by atoms with Crippen LogP contribution < -0.4 is 20.3 Å². The molecule has 2 N–H and O–H groups in total. The molecule has 6 heterocycles. The molecule has 55 heavy (non-hydrogen) atoms. The summed E-state index contributed by atoms with van der Waals surface area (Å²) in [6.45, 7) is 6.99. The number of hydrogen-bond donors (Lipinski definition) is 2. The standard InChI is InChI=1S/C41H45F2N7O5/c1-24(2)55-33-17-35-45-32(21-49(35)20-30(33)40(54)46-34-5-3-4-31(44-34)38(42)43)27-12-14-48(15-13-27)37(52)16-25-18-41(19-25)22-50(23-41)28-8-6-26(7-9-28)29-10-11-36(51)47-39(29)53/h3-9,17,20-21,24-25,27,29,38H,10-16,18-19,22-23H2,1-2H3,(H,44,46,54)(H,47,51,53). The van der Waals surface area contributed by atoms with Crippen LogP contribution in [0.5, 0.6) is 5.75 Å². The van der Waals surface area contributed by atoms with E-state index < -0.39 is 18.0 Å². The molecular weight excluding hydrogens is 708 g/mol. The minimum absolute atomic E-state index is 0.0187. The van der Waals surface area contributed by atoms with Crippen LogP contribution in [0.1, 0.15) is 104 Å². The number of amides is 4. The smallest absolute Gasteiger partial charge is 0.280 e. The van der Waals surface area contributed by atoms with Crippen molar-refractivity contribution in [2.45, 2.75) is 83.2 Å². The van der Waals surface area contributed by atoms with Gasteiger partial charge in [0.2, 0.25) is 17.7 Å². The predicted molar refractivity (Wildman–Crippen MR) is 200 cm³/mol. The second-order valence-electron chi connectivity index (χ2n) is 15.9. The summed E-state index contributed by atoms with van der Waals surface area (Å²) in [7, 11) is 0. The van der Waals surface area contributed by atoms with Gasteiger partial charge in [0.1, 0.15) is 22.9 Å². The minimum atomic E-state index is -2.76. The van der Waals surface area contributed by atoms with Crippen LogP contribution in [0.2, 0.25) is 0 Å². The molecule has 4 amide bonds. The first kappa shape index (κ1) is 36.6. The average molecular weight is 754 g/mol. The van der Waals surface area contributed by atoms with Crippen LogP contribution >= 0.6 is 0 Å². The van der Waals surface area contributed by atoms with Crippen LogP contribution in [0, 0.1) is 11.3 Å². The van der Waals surface area contributed by atoms with Crippen LogP contribution in [0.25, 0.3) is 5.65 Å². The number of ether oxygens (including phenoxy) is 1. The first-order valence-electron chi connectivity index (χ1n) is 19.1. The van der Waals surface area contributed by atoms with Crippen molar-refractivity contribution < 1.29 is 32.7 Å². The van der Waals surface area contributed by atoms with Gasteiger partial charge in [-0.1, -0.05) is 18.2 Å². The molecule has 0 bridgehead atoms. The first-order valence-corrected chi connectivity index (χ1v) is 19.1. The molecule has 4 aliphatic rings. The molecule has 8 rings (SSSR count). The van der Waals surface area contributed by atoms with Gasteiger partial charge < -0.3 is 24.3 Å². The number of rotatable bonds is 10. The van der Waals surface area contributed by atoms with Crippen molar-refractivity contribution in [3.63, 3.8) is 0 Å². The molecule has 1 aliphatic carbocycles. The van der Waals surface area contributed by atoms with E-state index in [0.29, 0.717) is 49.7 Å². The number of nitrogens with zero attached hydrogens (tertiary/aromatic N) is 5. The third-order valence-electron chi connectivity index (χ3n) is 11.5. The van der Waals surface area contributed by atoms with E-state index in [-0.39, 0.29) is 52.5 Å². The number of halogens is 2. The van der Waals surface area contributed by atoms with E-state index in [1.54, 1.807) is 16.7 Å². The molecule has 3 aliphatic heterocycles. The van der Waals surface area contributed by atoms with Gasteiger partial charge in [-0.15, -0.1) is 0 Å². The molecule has 4 aromatic rings. The van der Waals surface area contributed by atoms with E-state index in [4.69, 9.17) is 9.72 Å². The van der Waals surface area contributed by atoms with Crippen molar-refractivity contribution in [3.05, 3.63) is 83.4 Å². The maximum absolute atomic E-state index is 13.4. The van der Waals surface area contributed by atoms with Crippen molar-refractivity contribution in [1.29, 1.82) is 0 Å². The van der Waals surface area contributed by atoms with Crippen LogP contribution in [0.15, 0.2) is 60.9 Å². The average Bonchev–Trinajstić information content (AvgIpc) is 3.55. The predicted octanol–water partition coefficient (Wildman–Crippen LogP) is 6.24. The van der Waals surface area contributed by atoms with Crippen molar-refractivity contribution in [3.8, 4) is 5.75 Å². The van der Waals surface area contributed by atoms with Crippen molar-refractivity contribution >= 4 is 40.8 Å². The zero-order valence-electron chi connectivity index (χ0n) is 31.0. The van der Waals surface area contributed by atoms with E-state index in [2.05, 4.69) is 32.7 Å². The molecule has 12 nitrogen and oxygen atoms in total. The number of nitrogens with one attached hydrogen (secondary N) is 2. The normalized spacial score (nSPS) is 20.1. The van der Waals surface area contributed by atoms with Gasteiger partial charge in [-0.3, -0.25) is 24.5 Å². The minimum Gasteiger partial charge on any atom is -0.490 e. The van der Waals surface area contributed by atoms with Gasteiger partial charge in [-0.25, -0.2) is 18.7 Å². The van der Waals surface area contributed by atoms with E-state index in [1.165, 1.54) is 18.2 Å². The number of carbonyl (C=O) groups excluding carboxylic acids is 4. The second kappa shape index (κ2) is 14.7. The fourth-order valence-electron chi connectivity index (χ4n) is 8.82. The SMILES string of the molecule is CC(C)Oc1cc2nc(C3CCN(C(=O)CC4CC5(C4)CN(c4ccc(C6CCC(=O)NC6=O)cc4)C5)CC3)cn2cc1C(=O)Nc1cccc(C(F)F)n1. The Hall–Kier alpha value is -5.40. The summed E-state index contributed by atoms with van der Waals surface area (Å²) in [5, 5.41) is 5.05. The Morgan fingerprint density at radius 3 is 2.44 bits per heavy atom. The van der Waals surface area contributed by atoms with E-state index in [0.717, 1.165) is 55.7 Å². The van der Waals surface area contributed by atoms with E-state index in [1.807, 2.05) is 37.1 Å². The fraction of sp³-hybridized carbons (Fsp3) is 0.463. The molecule has 3 saturated heterocycles. The van der Waals surface area contributed by atoms with Gasteiger partial charge in [0.05, 0.1) is 23.3 Å². The number of carbonyl (C=O) groups is 4. The third kappa shape index (κ3) is 7.63. The van der Waals surface area contributed by atoms with Crippen molar-refractivity contribution in [2.24, 2.45) is 11.3 Å². The van der Waals surface area contributed by atoms with E-state index >= 15 is 0 Å². The summed E-state index contributed by atoms with van der Waals surface area (Å²) in [5.41, 5.74) is 3.66. The number of anilines is 2. The third-order valence-corrected chi connectivity index (χ3v) is 11.5. The first-order chi connectivity index (χ1) is 26.4. The fourth-order valence-corrected chi connectivity index (χ4v) is 8.82. The molecule has 1 atom stereocenters. The highest BCUT2D eigenvalue weighted by atomic mass is 19.3. The summed E-state index contributed by atoms with van der Waals surface area (Å²) < 4.78 is 34.1. The molecule has 288 valence electrons. The van der Waals surface area contributed by atoms with E-state index in [9.17, 15) is 28.0 Å². The Morgan fingerprint density at radius 1 is 1.00 bits per heavy atom. The highest BCUT2D eigenvalue weighted by molar-refractivity contribution is 6.06. The van der Waals surface area contributed by atoms with Crippen LogP contribution in [0.4, 0.5) is 20.3 Å². The topological polar surface area (TPSA) is 138 Å². The van der Waals surface area contributed by atoms with Gasteiger partial charge in [0, 0.05) is 74.5 Å². The van der Waals surface area contributed by atoms with Gasteiger partial charge in [-0.05, 0) is 81.7 Å². The Balaban J connectivity index is 0.824. The Labute approximate surface area is 317 Å².